The van der Waals surface area contributed by atoms with E-state index in [1.165, 1.54) is 0 Å². The van der Waals surface area contributed by atoms with E-state index in [4.69, 9.17) is 4.52 Å². The molecule has 2 heterocycles. The van der Waals surface area contributed by atoms with Crippen LogP contribution in [0.1, 0.15) is 23.9 Å². The first kappa shape index (κ1) is 14.2. The van der Waals surface area contributed by atoms with Crippen molar-refractivity contribution < 1.29 is 12.9 Å². The number of sulfone groups is 1. The van der Waals surface area contributed by atoms with Gasteiger partial charge in [-0.05, 0) is 22.9 Å². The Bertz CT molecular complexity index is 664. The molecule has 0 bridgehead atoms. The van der Waals surface area contributed by atoms with E-state index in [9.17, 15) is 8.42 Å². The molecule has 0 saturated carbocycles. The van der Waals surface area contributed by atoms with Crippen molar-refractivity contribution in [2.45, 2.75) is 25.6 Å². The van der Waals surface area contributed by atoms with Crippen LogP contribution in [0, 0.1) is 6.92 Å². The highest BCUT2D eigenvalue weighted by Crippen LogP contribution is 2.20. The molecule has 0 aliphatic rings. The van der Waals surface area contributed by atoms with E-state index in [1.54, 1.807) is 30.9 Å². The zero-order chi connectivity index (χ0) is 14.0. The predicted molar refractivity (Wildman–Crippen MR) is 71.2 cm³/mol. The zero-order valence-corrected chi connectivity index (χ0v) is 12.8. The Morgan fingerprint density at radius 1 is 1.53 bits per heavy atom. The fourth-order valence-electron chi connectivity index (χ4n) is 1.50. The minimum atomic E-state index is -3.35. The molecule has 0 N–H and O–H groups in total. The molecule has 1 atom stereocenters. The van der Waals surface area contributed by atoms with Gasteiger partial charge in [-0.2, -0.15) is 10.1 Å². The Morgan fingerprint density at radius 3 is 2.79 bits per heavy atom. The lowest BCUT2D eigenvalue weighted by Gasteiger charge is -2.09. The third-order valence-corrected chi connectivity index (χ3v) is 5.10. The number of hydrogen-bond acceptors (Lipinski definition) is 6. The maximum atomic E-state index is 12.1. The van der Waals surface area contributed by atoms with Gasteiger partial charge in [-0.1, -0.05) is 5.16 Å². The molecule has 2 rings (SSSR count). The SMILES string of the molecule is Cc1nc(C(C)S(=O)(=O)CCn2cc(Br)cn2)no1. The van der Waals surface area contributed by atoms with Crippen LogP contribution in [-0.2, 0) is 16.4 Å². The quantitative estimate of drug-likeness (QED) is 0.813. The van der Waals surface area contributed by atoms with Crippen LogP contribution in [0.15, 0.2) is 21.4 Å². The van der Waals surface area contributed by atoms with E-state index in [1.807, 2.05) is 0 Å². The average molecular weight is 349 g/mol. The Hall–Kier alpha value is -1.22. The summed E-state index contributed by atoms with van der Waals surface area (Å²) in [6.07, 6.45) is 3.33. The molecule has 0 aliphatic carbocycles. The summed E-state index contributed by atoms with van der Waals surface area (Å²) in [7, 11) is -3.35. The smallest absolute Gasteiger partial charge is 0.223 e. The van der Waals surface area contributed by atoms with E-state index < -0.39 is 15.1 Å². The molecule has 2 aromatic heterocycles. The van der Waals surface area contributed by atoms with Crippen LogP contribution in [-0.4, -0.2) is 34.1 Å². The lowest BCUT2D eigenvalue weighted by atomic mass is 10.4. The van der Waals surface area contributed by atoms with Gasteiger partial charge in [-0.25, -0.2) is 8.42 Å². The molecule has 104 valence electrons. The number of aromatic nitrogens is 4. The van der Waals surface area contributed by atoms with E-state index in [0.29, 0.717) is 5.89 Å². The van der Waals surface area contributed by atoms with Crippen molar-refractivity contribution in [1.29, 1.82) is 0 Å². The van der Waals surface area contributed by atoms with Crippen LogP contribution in [0.5, 0.6) is 0 Å². The molecule has 19 heavy (non-hydrogen) atoms. The molecule has 0 fully saturated rings. The maximum absolute atomic E-state index is 12.1. The molecular weight excluding hydrogens is 336 g/mol. The first-order valence-corrected chi connectivity index (χ1v) is 8.09. The normalized spacial score (nSPS) is 13.6. The Balaban J connectivity index is 2.05. The van der Waals surface area contributed by atoms with Gasteiger partial charge < -0.3 is 4.52 Å². The number of nitrogens with zero attached hydrogens (tertiary/aromatic N) is 4. The van der Waals surface area contributed by atoms with Crippen molar-refractivity contribution in [2.75, 3.05) is 5.75 Å². The van der Waals surface area contributed by atoms with Gasteiger partial charge in [0, 0.05) is 13.1 Å². The maximum Gasteiger partial charge on any atom is 0.223 e. The largest absolute Gasteiger partial charge is 0.340 e. The van der Waals surface area contributed by atoms with Gasteiger partial charge >= 0.3 is 0 Å². The molecule has 0 amide bonds. The van der Waals surface area contributed by atoms with E-state index >= 15 is 0 Å². The molecule has 1 unspecified atom stereocenters. The highest BCUT2D eigenvalue weighted by Gasteiger charge is 2.26. The first-order valence-electron chi connectivity index (χ1n) is 5.58. The van der Waals surface area contributed by atoms with Crippen molar-refractivity contribution >= 4 is 25.8 Å². The summed E-state index contributed by atoms with van der Waals surface area (Å²) in [5, 5.41) is 6.87. The van der Waals surface area contributed by atoms with Crippen molar-refractivity contribution in [1.82, 2.24) is 19.9 Å². The molecule has 0 saturated heterocycles. The van der Waals surface area contributed by atoms with Crippen LogP contribution >= 0.6 is 15.9 Å². The second kappa shape index (κ2) is 5.41. The predicted octanol–water partition coefficient (Wildman–Crippen LogP) is 1.51. The van der Waals surface area contributed by atoms with Gasteiger partial charge in [0.25, 0.3) is 0 Å². The Labute approximate surface area is 119 Å². The molecule has 0 radical (unpaired) electrons. The molecule has 9 heteroatoms. The number of halogens is 1. The van der Waals surface area contributed by atoms with E-state index in [2.05, 4.69) is 31.2 Å². The van der Waals surface area contributed by atoms with Gasteiger partial charge in [0.05, 0.1) is 23.0 Å². The van der Waals surface area contributed by atoms with Crippen LogP contribution in [0.25, 0.3) is 0 Å². The summed E-state index contributed by atoms with van der Waals surface area (Å²) in [6.45, 7) is 3.46. The van der Waals surface area contributed by atoms with Crippen molar-refractivity contribution in [3.63, 3.8) is 0 Å². The van der Waals surface area contributed by atoms with Crippen LogP contribution < -0.4 is 0 Å². The van der Waals surface area contributed by atoms with E-state index in [0.717, 1.165) is 4.47 Å². The van der Waals surface area contributed by atoms with Crippen LogP contribution in [0.3, 0.4) is 0 Å². The third kappa shape index (κ3) is 3.41. The standard InChI is InChI=1S/C10H13BrN4O3S/c1-7(10-13-8(2)18-14-10)19(16,17)4-3-15-6-9(11)5-12-15/h5-7H,3-4H2,1-2H3. The van der Waals surface area contributed by atoms with Gasteiger partial charge in [0.15, 0.2) is 15.7 Å². The molecule has 0 spiro atoms. The summed E-state index contributed by atoms with van der Waals surface area (Å²) >= 11 is 3.26. The van der Waals surface area contributed by atoms with Gasteiger partial charge in [-0.15, -0.1) is 0 Å². The molecule has 7 nitrogen and oxygen atoms in total. The molecule has 0 aliphatic heterocycles. The van der Waals surface area contributed by atoms with Crippen LogP contribution in [0.2, 0.25) is 0 Å². The fourth-order valence-corrected chi connectivity index (χ4v) is 3.04. The summed E-state index contributed by atoms with van der Waals surface area (Å²) in [6, 6.07) is 0. The van der Waals surface area contributed by atoms with Gasteiger partial charge in [-0.3, -0.25) is 4.68 Å². The Morgan fingerprint density at radius 2 is 2.26 bits per heavy atom. The second-order valence-electron chi connectivity index (χ2n) is 4.10. The van der Waals surface area contributed by atoms with E-state index in [-0.39, 0.29) is 18.1 Å². The number of aryl methyl sites for hydroxylation is 2. The fraction of sp³-hybridized carbons (Fsp3) is 0.500. The zero-order valence-electron chi connectivity index (χ0n) is 10.4. The van der Waals surface area contributed by atoms with Crippen molar-refractivity contribution in [3.8, 4) is 0 Å². The number of rotatable bonds is 5. The highest BCUT2D eigenvalue weighted by atomic mass is 79.9. The van der Waals surface area contributed by atoms with Gasteiger partial charge in [0.1, 0.15) is 5.25 Å². The van der Waals surface area contributed by atoms with Crippen molar-refractivity contribution in [3.05, 3.63) is 28.6 Å². The number of hydrogen-bond donors (Lipinski definition) is 0. The average Bonchev–Trinajstić information content (AvgIpc) is 2.95. The monoisotopic (exact) mass is 348 g/mol. The van der Waals surface area contributed by atoms with Crippen LogP contribution in [0.4, 0.5) is 0 Å². The highest BCUT2D eigenvalue weighted by molar-refractivity contribution is 9.10. The summed E-state index contributed by atoms with van der Waals surface area (Å²) < 4.78 is 31.5. The summed E-state index contributed by atoms with van der Waals surface area (Å²) in [4.78, 5) is 3.95. The van der Waals surface area contributed by atoms with Gasteiger partial charge in [0.2, 0.25) is 5.89 Å². The summed E-state index contributed by atoms with van der Waals surface area (Å²) in [5.74, 6) is 0.516. The topological polar surface area (TPSA) is 90.9 Å². The third-order valence-electron chi connectivity index (χ3n) is 2.65. The first-order chi connectivity index (χ1) is 8.88. The lowest BCUT2D eigenvalue weighted by molar-refractivity contribution is 0.387. The Kier molecular flexibility index (Phi) is 4.04. The second-order valence-corrected chi connectivity index (χ2v) is 7.46. The lowest BCUT2D eigenvalue weighted by Crippen LogP contribution is -2.19. The molecule has 2 aromatic rings. The molecular formula is C10H13BrN4O3S. The van der Waals surface area contributed by atoms with Crippen molar-refractivity contribution in [2.24, 2.45) is 0 Å². The molecule has 0 aromatic carbocycles. The minimum absolute atomic E-state index is 0.0319. The summed E-state index contributed by atoms with van der Waals surface area (Å²) in [5.41, 5.74) is 0. The minimum Gasteiger partial charge on any atom is -0.340 e.